The summed E-state index contributed by atoms with van der Waals surface area (Å²) in [6.07, 6.45) is -3.68. The molecule has 30 heavy (non-hydrogen) atoms. The van der Waals surface area contributed by atoms with E-state index < -0.39 is 34.4 Å². The number of esters is 1. The fraction of sp³-hybridized carbons (Fsp3) is 0.348. The van der Waals surface area contributed by atoms with Crippen LogP contribution in [0.4, 0.5) is 13.2 Å². The molecule has 3 rings (SSSR count). The molecule has 1 aliphatic carbocycles. The van der Waals surface area contributed by atoms with E-state index in [1.165, 1.54) is 0 Å². The fourth-order valence-corrected chi connectivity index (χ4v) is 3.84. The van der Waals surface area contributed by atoms with Crippen LogP contribution in [-0.4, -0.2) is 12.1 Å². The largest absolute Gasteiger partial charge is 1.00 e. The molecule has 0 N–H and O–H groups in total. The number of carbonyl (C=O) groups is 1. The zero-order valence-electron chi connectivity index (χ0n) is 18.4. The van der Waals surface area contributed by atoms with Gasteiger partial charge in [0.2, 0.25) is 0 Å². The smallest absolute Gasteiger partial charge is 1.00 e. The molecule has 2 aromatic rings. The zero-order chi connectivity index (χ0) is 21.4. The minimum atomic E-state index is -4.61. The van der Waals surface area contributed by atoms with Gasteiger partial charge in [0.05, 0.1) is 5.92 Å². The van der Waals surface area contributed by atoms with E-state index in [2.05, 4.69) is 0 Å². The summed E-state index contributed by atoms with van der Waals surface area (Å²) in [5.41, 5.74) is 3.34. The van der Waals surface area contributed by atoms with Gasteiger partial charge in [0, 0.05) is 0 Å². The van der Waals surface area contributed by atoms with Gasteiger partial charge in [0.1, 0.15) is 11.6 Å². The molecule has 0 saturated heterocycles. The summed E-state index contributed by atoms with van der Waals surface area (Å²) in [4.78, 5) is 12.5. The van der Waals surface area contributed by atoms with Crippen molar-refractivity contribution in [1.29, 1.82) is 0 Å². The van der Waals surface area contributed by atoms with Gasteiger partial charge in [-0.25, -0.2) is 0 Å². The standard InChI is InChI=1S/C23H22ClF3O2.Na.H/c1-14-16(10-7-11-17(14)15-8-5-4-6-9-15)13-29-21(28)20-18(22(20,2)3)12-19(24)23(25,26)27;;/h4-12,18,20H,13H2,1-3H3;;/q;+1;-1/b19-12-;;. The number of alkyl halides is 3. The molecule has 2 aromatic carbocycles. The van der Waals surface area contributed by atoms with Crippen LogP contribution in [0.5, 0.6) is 0 Å². The summed E-state index contributed by atoms with van der Waals surface area (Å²) < 4.78 is 43.5. The van der Waals surface area contributed by atoms with Crippen LogP contribution >= 0.6 is 11.6 Å². The van der Waals surface area contributed by atoms with Crippen LogP contribution in [-0.2, 0) is 16.1 Å². The van der Waals surface area contributed by atoms with Crippen molar-refractivity contribution in [1.82, 2.24) is 0 Å². The monoisotopic (exact) mass is 446 g/mol. The summed E-state index contributed by atoms with van der Waals surface area (Å²) in [6.45, 7) is 5.51. The van der Waals surface area contributed by atoms with Crippen LogP contribution in [0.1, 0.15) is 26.4 Å². The average Bonchev–Trinajstić information content (AvgIpc) is 3.20. The normalized spacial score (nSPS) is 20.3. The minimum absolute atomic E-state index is 0. The van der Waals surface area contributed by atoms with E-state index in [4.69, 9.17) is 16.3 Å². The molecule has 2 unspecified atom stereocenters. The van der Waals surface area contributed by atoms with Crippen molar-refractivity contribution in [2.45, 2.75) is 33.6 Å². The number of ether oxygens (including phenoxy) is 1. The van der Waals surface area contributed by atoms with Gasteiger partial charge >= 0.3 is 41.7 Å². The Morgan fingerprint density at radius 2 is 1.80 bits per heavy atom. The Morgan fingerprint density at radius 1 is 1.17 bits per heavy atom. The van der Waals surface area contributed by atoms with Crippen molar-refractivity contribution >= 4 is 17.6 Å². The summed E-state index contributed by atoms with van der Waals surface area (Å²) in [6, 6.07) is 15.6. The molecular formula is C23H23ClF3NaO2. The first-order valence-electron chi connectivity index (χ1n) is 9.28. The summed E-state index contributed by atoms with van der Waals surface area (Å²) >= 11 is 5.34. The van der Waals surface area contributed by atoms with E-state index in [-0.39, 0.29) is 37.6 Å². The molecule has 0 heterocycles. The number of benzene rings is 2. The van der Waals surface area contributed by atoms with Gasteiger partial charge in [-0.1, -0.05) is 80.1 Å². The molecule has 2 nitrogen and oxygen atoms in total. The Balaban J connectivity index is 0.00000240. The van der Waals surface area contributed by atoms with E-state index in [0.717, 1.165) is 28.3 Å². The summed E-state index contributed by atoms with van der Waals surface area (Å²) in [7, 11) is 0. The molecule has 7 heteroatoms. The number of carbonyl (C=O) groups excluding carboxylic acids is 1. The van der Waals surface area contributed by atoms with E-state index in [0.29, 0.717) is 0 Å². The molecule has 0 spiro atoms. The summed E-state index contributed by atoms with van der Waals surface area (Å²) in [5, 5.41) is -1.20. The predicted molar refractivity (Wildman–Crippen MR) is 108 cm³/mol. The van der Waals surface area contributed by atoms with Gasteiger partial charge < -0.3 is 6.16 Å². The van der Waals surface area contributed by atoms with Crippen molar-refractivity contribution in [3.8, 4) is 11.1 Å². The molecule has 1 fully saturated rings. The van der Waals surface area contributed by atoms with Crippen molar-refractivity contribution < 1.29 is 53.7 Å². The van der Waals surface area contributed by atoms with Crippen molar-refractivity contribution in [2.24, 2.45) is 17.3 Å². The third-order valence-electron chi connectivity index (χ3n) is 5.66. The van der Waals surface area contributed by atoms with E-state index in [1.807, 2.05) is 55.5 Å². The Morgan fingerprint density at radius 3 is 2.40 bits per heavy atom. The van der Waals surface area contributed by atoms with Crippen LogP contribution in [0.15, 0.2) is 59.6 Å². The molecule has 0 bridgehead atoms. The van der Waals surface area contributed by atoms with Crippen molar-refractivity contribution in [2.75, 3.05) is 0 Å². The Bertz CT molecular complexity index is 946. The maximum Gasteiger partial charge on any atom is 1.00 e. The first-order chi connectivity index (χ1) is 13.5. The molecule has 156 valence electrons. The zero-order valence-corrected chi connectivity index (χ0v) is 20.1. The number of halogens is 4. The average molecular weight is 447 g/mol. The van der Waals surface area contributed by atoms with Gasteiger partial charge in [0.25, 0.3) is 0 Å². The molecule has 0 aliphatic heterocycles. The third kappa shape index (κ3) is 5.31. The maximum atomic E-state index is 12.7. The topological polar surface area (TPSA) is 26.3 Å². The predicted octanol–water partition coefficient (Wildman–Crippen LogP) is 3.78. The van der Waals surface area contributed by atoms with Crippen LogP contribution in [0, 0.1) is 24.2 Å². The molecule has 0 radical (unpaired) electrons. The van der Waals surface area contributed by atoms with Crippen LogP contribution in [0.2, 0.25) is 0 Å². The molecule has 2 atom stereocenters. The van der Waals surface area contributed by atoms with E-state index >= 15 is 0 Å². The molecule has 0 aromatic heterocycles. The molecule has 1 aliphatic rings. The molecular weight excluding hydrogens is 424 g/mol. The number of allylic oxidation sites excluding steroid dienone is 2. The maximum absolute atomic E-state index is 12.7. The Kier molecular flexibility index (Phi) is 7.89. The van der Waals surface area contributed by atoms with E-state index in [1.54, 1.807) is 13.8 Å². The van der Waals surface area contributed by atoms with Gasteiger partial charge in [0.15, 0.2) is 0 Å². The first kappa shape index (κ1) is 25.0. The van der Waals surface area contributed by atoms with E-state index in [9.17, 15) is 18.0 Å². The number of hydrogen-bond donors (Lipinski definition) is 0. The number of rotatable bonds is 5. The van der Waals surface area contributed by atoms with Crippen molar-refractivity contribution in [3.05, 3.63) is 70.8 Å². The first-order valence-corrected chi connectivity index (χ1v) is 9.66. The minimum Gasteiger partial charge on any atom is -1.00 e. The quantitative estimate of drug-likeness (QED) is 0.516. The van der Waals surface area contributed by atoms with Crippen LogP contribution in [0.25, 0.3) is 11.1 Å². The second kappa shape index (κ2) is 9.47. The third-order valence-corrected chi connectivity index (χ3v) is 6.00. The van der Waals surface area contributed by atoms with Crippen LogP contribution < -0.4 is 29.6 Å². The number of hydrogen-bond acceptors (Lipinski definition) is 2. The van der Waals surface area contributed by atoms with Gasteiger partial charge in [-0.05, 0) is 40.5 Å². The fourth-order valence-electron chi connectivity index (χ4n) is 3.70. The summed E-state index contributed by atoms with van der Waals surface area (Å²) in [5.74, 6) is -1.75. The SMILES string of the molecule is Cc1c(COC(=O)C2C(/C=C(\Cl)C(F)(F)F)C2(C)C)cccc1-c1ccccc1.[H-].[Na+]. The van der Waals surface area contributed by atoms with Gasteiger partial charge in [-0.2, -0.15) is 13.2 Å². The second-order valence-electron chi connectivity index (χ2n) is 7.90. The van der Waals surface area contributed by atoms with Gasteiger partial charge in [-0.3, -0.25) is 4.79 Å². The second-order valence-corrected chi connectivity index (χ2v) is 8.31. The molecule has 0 amide bonds. The van der Waals surface area contributed by atoms with Crippen molar-refractivity contribution in [3.63, 3.8) is 0 Å². The Labute approximate surface area is 203 Å². The van der Waals surface area contributed by atoms with Crippen LogP contribution in [0.3, 0.4) is 0 Å². The molecule has 1 saturated carbocycles. The van der Waals surface area contributed by atoms with Gasteiger partial charge in [-0.15, -0.1) is 0 Å². The Hall–Kier alpha value is -1.27.